The molecule has 1 nitrogen and oxygen atoms in total. The first-order valence-corrected chi connectivity index (χ1v) is 14.6. The van der Waals surface area contributed by atoms with E-state index in [0.29, 0.717) is 0 Å². The van der Waals surface area contributed by atoms with Crippen molar-refractivity contribution in [3.05, 3.63) is 163 Å². The highest BCUT2D eigenvalue weighted by atomic mass is 15.1. The van der Waals surface area contributed by atoms with Crippen LogP contribution in [0.2, 0.25) is 0 Å². The van der Waals surface area contributed by atoms with Crippen LogP contribution in [0.4, 0.5) is 17.1 Å². The average molecular weight is 532 g/mol. The van der Waals surface area contributed by atoms with Crippen LogP contribution < -0.4 is 4.90 Å². The summed E-state index contributed by atoms with van der Waals surface area (Å²) in [6, 6.07) is 56.6. The number of rotatable bonds is 7. The van der Waals surface area contributed by atoms with Crippen molar-refractivity contribution in [2.45, 2.75) is 27.2 Å². The first-order valence-electron chi connectivity index (χ1n) is 14.6. The fourth-order valence-corrected chi connectivity index (χ4v) is 5.10. The molecule has 1 heteroatoms. The maximum atomic E-state index is 2.32. The topological polar surface area (TPSA) is 3.24 Å². The van der Waals surface area contributed by atoms with Gasteiger partial charge in [0.15, 0.2) is 0 Å². The van der Waals surface area contributed by atoms with E-state index in [1.807, 2.05) is 13.8 Å². The predicted molar refractivity (Wildman–Crippen MR) is 178 cm³/mol. The molecule has 0 spiro atoms. The van der Waals surface area contributed by atoms with Crippen molar-refractivity contribution in [2.75, 3.05) is 4.90 Å². The highest BCUT2D eigenvalue weighted by Crippen LogP contribution is 2.37. The van der Waals surface area contributed by atoms with Crippen molar-refractivity contribution < 1.29 is 0 Å². The summed E-state index contributed by atoms with van der Waals surface area (Å²) >= 11 is 0. The molecule has 0 N–H and O–H groups in total. The summed E-state index contributed by atoms with van der Waals surface area (Å²) in [6.45, 7) is 6.19. The number of para-hydroxylation sites is 1. The van der Waals surface area contributed by atoms with Crippen molar-refractivity contribution in [2.24, 2.45) is 0 Å². The van der Waals surface area contributed by atoms with Gasteiger partial charge in [0, 0.05) is 17.1 Å². The van der Waals surface area contributed by atoms with Crippen LogP contribution in [0, 0.1) is 0 Å². The second kappa shape index (κ2) is 13.5. The van der Waals surface area contributed by atoms with Gasteiger partial charge in [-0.3, -0.25) is 0 Å². The maximum Gasteiger partial charge on any atom is 0.0462 e. The maximum absolute atomic E-state index is 2.32. The Kier molecular flexibility index (Phi) is 9.08. The van der Waals surface area contributed by atoms with Crippen molar-refractivity contribution >= 4 is 17.1 Å². The third-order valence-electron chi connectivity index (χ3n) is 7.22. The number of nitrogens with zero attached hydrogens (tertiary/aromatic N) is 1. The minimum absolute atomic E-state index is 1.04. The van der Waals surface area contributed by atoms with E-state index in [4.69, 9.17) is 0 Å². The zero-order valence-corrected chi connectivity index (χ0v) is 24.2. The van der Waals surface area contributed by atoms with E-state index in [0.717, 1.165) is 23.5 Å². The number of anilines is 3. The summed E-state index contributed by atoms with van der Waals surface area (Å²) in [7, 11) is 0. The molecule has 0 bridgehead atoms. The van der Waals surface area contributed by atoms with Gasteiger partial charge in [0.1, 0.15) is 0 Å². The quantitative estimate of drug-likeness (QED) is 0.198. The van der Waals surface area contributed by atoms with E-state index in [-0.39, 0.29) is 0 Å². The zero-order valence-electron chi connectivity index (χ0n) is 24.2. The van der Waals surface area contributed by atoms with Gasteiger partial charge in [0.05, 0.1) is 0 Å². The molecule has 0 fully saturated rings. The molecule has 0 radical (unpaired) electrons. The third-order valence-corrected chi connectivity index (χ3v) is 7.22. The lowest BCUT2D eigenvalue weighted by atomic mass is 9.93. The molecular weight excluding hydrogens is 494 g/mol. The highest BCUT2D eigenvalue weighted by molar-refractivity contribution is 5.83. The van der Waals surface area contributed by atoms with Gasteiger partial charge in [-0.15, -0.1) is 0 Å². The minimum Gasteiger partial charge on any atom is -0.311 e. The molecule has 6 rings (SSSR count). The molecule has 0 heterocycles. The predicted octanol–water partition coefficient (Wildman–Crippen LogP) is 11.7. The van der Waals surface area contributed by atoms with E-state index in [1.165, 1.54) is 38.9 Å². The van der Waals surface area contributed by atoms with Gasteiger partial charge < -0.3 is 4.90 Å². The first kappa shape index (κ1) is 27.7. The Balaban J connectivity index is 0.00000165. The Morgan fingerprint density at radius 2 is 0.707 bits per heavy atom. The Hall–Kier alpha value is -4.88. The molecule has 0 aromatic heterocycles. The van der Waals surface area contributed by atoms with E-state index in [1.54, 1.807) is 0 Å². The summed E-state index contributed by atoms with van der Waals surface area (Å²) < 4.78 is 0. The van der Waals surface area contributed by atoms with Gasteiger partial charge in [-0.05, 0) is 100.0 Å². The van der Waals surface area contributed by atoms with E-state index in [2.05, 4.69) is 170 Å². The molecule has 0 unspecified atom stereocenters. The van der Waals surface area contributed by atoms with Gasteiger partial charge in [0.25, 0.3) is 0 Å². The van der Waals surface area contributed by atoms with Crippen LogP contribution in [0.15, 0.2) is 158 Å². The van der Waals surface area contributed by atoms with Crippen LogP contribution in [-0.4, -0.2) is 0 Å². The van der Waals surface area contributed by atoms with Crippen molar-refractivity contribution in [1.29, 1.82) is 0 Å². The molecule has 41 heavy (non-hydrogen) atoms. The first-order chi connectivity index (χ1) is 20.3. The van der Waals surface area contributed by atoms with E-state index in [9.17, 15) is 0 Å². The lowest BCUT2D eigenvalue weighted by Crippen LogP contribution is -2.09. The van der Waals surface area contributed by atoms with Crippen molar-refractivity contribution in [1.82, 2.24) is 0 Å². The fourth-order valence-electron chi connectivity index (χ4n) is 5.10. The molecule has 0 aliphatic rings. The van der Waals surface area contributed by atoms with E-state index < -0.39 is 0 Å². The Labute approximate surface area is 245 Å². The van der Waals surface area contributed by atoms with Crippen LogP contribution in [0.5, 0.6) is 0 Å². The van der Waals surface area contributed by atoms with Crippen LogP contribution in [0.3, 0.4) is 0 Å². The number of benzene rings is 6. The Morgan fingerprint density at radius 3 is 1.12 bits per heavy atom. The van der Waals surface area contributed by atoms with Gasteiger partial charge >= 0.3 is 0 Å². The zero-order chi connectivity index (χ0) is 28.4. The molecule has 0 saturated heterocycles. The monoisotopic (exact) mass is 531 g/mol. The largest absolute Gasteiger partial charge is 0.311 e. The van der Waals surface area contributed by atoms with Crippen LogP contribution in [0.25, 0.3) is 33.4 Å². The molecular formula is C40H37N. The molecule has 0 aliphatic carbocycles. The number of hydrogen-bond donors (Lipinski definition) is 0. The SMILES string of the molecule is CC.CCc1ccc(N(c2ccccc2)c2ccc(-c3cc(-c4ccccc4)cc(-c4ccccc4)c3)cc2)cc1. The van der Waals surface area contributed by atoms with Crippen molar-refractivity contribution in [3.63, 3.8) is 0 Å². The van der Waals surface area contributed by atoms with Gasteiger partial charge in [-0.1, -0.05) is 124 Å². The van der Waals surface area contributed by atoms with Gasteiger partial charge in [-0.2, -0.15) is 0 Å². The van der Waals surface area contributed by atoms with Crippen LogP contribution >= 0.6 is 0 Å². The van der Waals surface area contributed by atoms with Crippen molar-refractivity contribution in [3.8, 4) is 33.4 Å². The summed E-state index contributed by atoms with van der Waals surface area (Å²) in [6.07, 6.45) is 1.04. The Morgan fingerprint density at radius 1 is 0.366 bits per heavy atom. The highest BCUT2D eigenvalue weighted by Gasteiger charge is 2.13. The average Bonchev–Trinajstić information content (AvgIpc) is 3.07. The van der Waals surface area contributed by atoms with Crippen LogP contribution in [0.1, 0.15) is 26.3 Å². The lowest BCUT2D eigenvalue weighted by Gasteiger charge is -2.26. The summed E-state index contributed by atoms with van der Waals surface area (Å²) in [4.78, 5) is 2.32. The fraction of sp³-hybridized carbons (Fsp3) is 0.100. The third kappa shape index (κ3) is 6.48. The normalized spacial score (nSPS) is 10.4. The van der Waals surface area contributed by atoms with E-state index >= 15 is 0 Å². The molecule has 0 saturated carbocycles. The summed E-state index contributed by atoms with van der Waals surface area (Å²) in [5, 5.41) is 0. The summed E-state index contributed by atoms with van der Waals surface area (Å²) in [5.74, 6) is 0. The minimum atomic E-state index is 1.04. The Bertz CT molecular complexity index is 1580. The number of hydrogen-bond acceptors (Lipinski definition) is 1. The lowest BCUT2D eigenvalue weighted by molar-refractivity contribution is 1.14. The molecule has 202 valence electrons. The summed E-state index contributed by atoms with van der Waals surface area (Å²) in [5.41, 5.74) is 12.1. The molecule has 0 amide bonds. The van der Waals surface area contributed by atoms with Gasteiger partial charge in [-0.25, -0.2) is 0 Å². The standard InChI is InChI=1S/C38H31N.C2H6/c1-2-29-18-22-37(23-19-29)39(36-16-10-5-11-17-36)38-24-20-32(21-25-38)35-27-33(30-12-6-3-7-13-30)26-34(28-35)31-14-8-4-9-15-31;1-2/h3-28H,2H2,1H3;1-2H3. The molecule has 0 aliphatic heterocycles. The molecule has 6 aromatic rings. The second-order valence-corrected chi connectivity index (χ2v) is 9.77. The second-order valence-electron chi connectivity index (χ2n) is 9.77. The number of aryl methyl sites for hydroxylation is 1. The van der Waals surface area contributed by atoms with Crippen LogP contribution in [-0.2, 0) is 6.42 Å². The molecule has 0 atom stereocenters. The smallest absolute Gasteiger partial charge is 0.0462 e. The molecule has 6 aromatic carbocycles. The van der Waals surface area contributed by atoms with Gasteiger partial charge in [0.2, 0.25) is 0 Å².